The van der Waals surface area contributed by atoms with Gasteiger partial charge in [0.2, 0.25) is 0 Å². The maximum atomic E-state index is 5.26. The van der Waals surface area contributed by atoms with Crippen LogP contribution in [0.15, 0.2) is 243 Å². The number of fused-ring (bicyclic) bond motifs is 15. The molecule has 0 spiro atoms. The van der Waals surface area contributed by atoms with Crippen molar-refractivity contribution >= 4 is 76.2 Å². The quantitative estimate of drug-likeness (QED) is 0.156. The van der Waals surface area contributed by atoms with Crippen molar-refractivity contribution in [3.05, 3.63) is 243 Å². The first-order chi connectivity index (χ1) is 33.8. The van der Waals surface area contributed by atoms with Crippen LogP contribution >= 0.6 is 0 Å². The Balaban J connectivity index is 1.22. The van der Waals surface area contributed by atoms with Gasteiger partial charge in [-0.25, -0.2) is 0 Å². The van der Waals surface area contributed by atoms with Crippen LogP contribution in [0.5, 0.6) is 0 Å². The van der Waals surface area contributed by atoms with Crippen molar-refractivity contribution in [2.45, 2.75) is 0 Å². The summed E-state index contributed by atoms with van der Waals surface area (Å²) in [5.74, 6) is 0. The van der Waals surface area contributed by atoms with Crippen molar-refractivity contribution in [3.63, 3.8) is 0 Å². The van der Waals surface area contributed by atoms with Gasteiger partial charge in [-0.15, -0.1) is 0 Å². The van der Waals surface area contributed by atoms with Crippen molar-refractivity contribution < 1.29 is 0 Å². The summed E-state index contributed by atoms with van der Waals surface area (Å²) in [7, 11) is 0. The first kappa shape index (κ1) is 38.2. The predicted molar refractivity (Wildman–Crippen MR) is 285 cm³/mol. The molecule has 0 saturated carbocycles. The van der Waals surface area contributed by atoms with Crippen LogP contribution in [-0.2, 0) is 0 Å². The molecule has 10 aromatic carbocycles. The zero-order valence-electron chi connectivity index (χ0n) is 36.9. The van der Waals surface area contributed by atoms with Gasteiger partial charge in [0, 0.05) is 45.3 Å². The van der Waals surface area contributed by atoms with Crippen LogP contribution in [0.1, 0.15) is 0 Å². The molecule has 0 amide bonds. The van der Waals surface area contributed by atoms with E-state index in [9.17, 15) is 0 Å². The standard InChI is InChI=1S/C64H40N4/c1-5-19-41(20-6-1)45-35-46(42-21-7-2-8-22-42)38-49(37-45)67-55-31-17-33-65-61(55)59-53-29-15-14-28-52(53)58-57(63(59)67)51-27-13-16-30-54(51)60-62-56(32-18-34-66-62)68(64(58)60)50-39-47(43-23-9-3-10-24-43)36-48(40-50)44-25-11-4-12-26-44/h1-40H. The summed E-state index contributed by atoms with van der Waals surface area (Å²) in [5, 5.41) is 9.29. The minimum Gasteiger partial charge on any atom is -0.307 e. The van der Waals surface area contributed by atoms with E-state index in [1.807, 2.05) is 12.4 Å². The van der Waals surface area contributed by atoms with Crippen LogP contribution in [0.25, 0.3) is 132 Å². The molecule has 0 aliphatic heterocycles. The maximum absolute atomic E-state index is 5.26. The largest absolute Gasteiger partial charge is 0.307 e. The Labute approximate surface area is 392 Å². The van der Waals surface area contributed by atoms with Gasteiger partial charge in [-0.3, -0.25) is 9.97 Å². The molecule has 0 unspecified atom stereocenters. The van der Waals surface area contributed by atoms with Gasteiger partial charge in [-0.1, -0.05) is 170 Å². The van der Waals surface area contributed by atoms with Crippen LogP contribution in [0, 0.1) is 0 Å². The number of nitrogens with zero attached hydrogens (tertiary/aromatic N) is 4. The molecule has 0 aliphatic rings. The Morgan fingerprint density at radius 2 is 0.544 bits per heavy atom. The molecule has 0 saturated heterocycles. The second kappa shape index (κ2) is 15.2. The van der Waals surface area contributed by atoms with E-state index in [1.54, 1.807) is 0 Å². The monoisotopic (exact) mass is 864 g/mol. The van der Waals surface area contributed by atoms with Crippen molar-refractivity contribution in [3.8, 4) is 55.9 Å². The van der Waals surface area contributed by atoms with Gasteiger partial charge in [0.25, 0.3) is 0 Å². The van der Waals surface area contributed by atoms with Crippen molar-refractivity contribution in [2.75, 3.05) is 0 Å². The van der Waals surface area contributed by atoms with Crippen LogP contribution < -0.4 is 0 Å². The molecule has 0 fully saturated rings. The number of benzene rings is 10. The van der Waals surface area contributed by atoms with Crippen LogP contribution in [0.2, 0.25) is 0 Å². The third-order valence-electron chi connectivity index (χ3n) is 13.9. The van der Waals surface area contributed by atoms with Crippen LogP contribution in [0.3, 0.4) is 0 Å². The first-order valence-corrected chi connectivity index (χ1v) is 23.2. The third-order valence-corrected chi connectivity index (χ3v) is 13.9. The molecule has 4 heterocycles. The lowest BCUT2D eigenvalue weighted by molar-refractivity contribution is 1.18. The average molecular weight is 865 g/mol. The SMILES string of the molecule is c1ccc(-c2cc(-c3ccccc3)cc(-n3c4cccnc4c4c5ccccc5c5c(c6ccccc6c6c7ncccc7n(-c7cc(-c8ccccc8)cc(-c8ccccc8)c7)c65)c43)c2)cc1. The second-order valence-corrected chi connectivity index (χ2v) is 17.7. The molecule has 0 radical (unpaired) electrons. The molecule has 14 aromatic rings. The van der Waals surface area contributed by atoms with Gasteiger partial charge in [-0.2, -0.15) is 0 Å². The molecule has 68 heavy (non-hydrogen) atoms. The molecule has 0 aliphatic carbocycles. The van der Waals surface area contributed by atoms with Gasteiger partial charge in [0.1, 0.15) is 0 Å². The maximum Gasteiger partial charge on any atom is 0.0969 e. The van der Waals surface area contributed by atoms with Crippen molar-refractivity contribution in [1.82, 2.24) is 19.1 Å². The summed E-state index contributed by atoms with van der Waals surface area (Å²) in [5.41, 5.74) is 17.7. The highest BCUT2D eigenvalue weighted by atomic mass is 15.0. The number of pyridine rings is 2. The summed E-state index contributed by atoms with van der Waals surface area (Å²) in [6.45, 7) is 0. The Hall–Kier alpha value is -9.12. The number of aromatic nitrogens is 4. The second-order valence-electron chi connectivity index (χ2n) is 17.7. The Kier molecular flexibility index (Phi) is 8.55. The molecule has 4 aromatic heterocycles. The van der Waals surface area contributed by atoms with E-state index in [2.05, 4.69) is 240 Å². The number of hydrogen-bond acceptors (Lipinski definition) is 2. The van der Waals surface area contributed by atoms with E-state index < -0.39 is 0 Å². The van der Waals surface area contributed by atoms with E-state index in [4.69, 9.17) is 9.97 Å². The van der Waals surface area contributed by atoms with Crippen molar-refractivity contribution in [2.24, 2.45) is 0 Å². The summed E-state index contributed by atoms with van der Waals surface area (Å²) in [6.07, 6.45) is 3.88. The Morgan fingerprint density at radius 1 is 0.250 bits per heavy atom. The molecule has 4 nitrogen and oxygen atoms in total. The minimum atomic E-state index is 0.974. The molecule has 0 atom stereocenters. The smallest absolute Gasteiger partial charge is 0.0969 e. The highest BCUT2D eigenvalue weighted by molar-refractivity contribution is 6.43. The Morgan fingerprint density at radius 3 is 0.868 bits per heavy atom. The fraction of sp³-hybridized carbons (Fsp3) is 0. The molecular weight excluding hydrogens is 825 g/mol. The summed E-state index contributed by atoms with van der Waals surface area (Å²) in [6, 6.07) is 83.6. The molecule has 316 valence electrons. The zero-order valence-corrected chi connectivity index (χ0v) is 36.9. The number of hydrogen-bond donors (Lipinski definition) is 0. The van der Waals surface area contributed by atoms with E-state index in [1.165, 1.54) is 21.5 Å². The number of rotatable bonds is 6. The van der Waals surface area contributed by atoms with Gasteiger partial charge in [0.15, 0.2) is 0 Å². The third kappa shape index (κ3) is 5.81. The van der Waals surface area contributed by atoms with Gasteiger partial charge in [0.05, 0.1) is 33.1 Å². The fourth-order valence-corrected chi connectivity index (χ4v) is 11.0. The summed E-state index contributed by atoms with van der Waals surface area (Å²) in [4.78, 5) is 10.5. The normalized spacial score (nSPS) is 11.8. The molecule has 0 bridgehead atoms. The van der Waals surface area contributed by atoms with Gasteiger partial charge < -0.3 is 9.13 Å². The van der Waals surface area contributed by atoms with E-state index in [0.29, 0.717) is 0 Å². The fourth-order valence-electron chi connectivity index (χ4n) is 11.0. The predicted octanol–water partition coefficient (Wildman–Crippen LogP) is 16.8. The highest BCUT2D eigenvalue weighted by Gasteiger charge is 2.27. The van der Waals surface area contributed by atoms with Crippen LogP contribution in [-0.4, -0.2) is 19.1 Å². The molecular formula is C64H40N4. The lowest BCUT2D eigenvalue weighted by Gasteiger charge is -2.19. The van der Waals surface area contributed by atoms with Crippen LogP contribution in [0.4, 0.5) is 0 Å². The van der Waals surface area contributed by atoms with E-state index >= 15 is 0 Å². The zero-order chi connectivity index (χ0) is 44.7. The Bertz CT molecular complexity index is 3890. The van der Waals surface area contributed by atoms with Crippen molar-refractivity contribution in [1.29, 1.82) is 0 Å². The molecule has 0 N–H and O–H groups in total. The average Bonchev–Trinajstić information content (AvgIpc) is 3.96. The van der Waals surface area contributed by atoms with E-state index in [0.717, 1.165) is 111 Å². The van der Waals surface area contributed by atoms with E-state index in [-0.39, 0.29) is 0 Å². The summed E-state index contributed by atoms with van der Waals surface area (Å²) < 4.78 is 5.00. The first-order valence-electron chi connectivity index (χ1n) is 23.2. The van der Waals surface area contributed by atoms with Gasteiger partial charge >= 0.3 is 0 Å². The lowest BCUT2D eigenvalue weighted by atomic mass is 9.91. The van der Waals surface area contributed by atoms with Gasteiger partial charge in [-0.05, 0) is 127 Å². The molecule has 4 heteroatoms. The lowest BCUT2D eigenvalue weighted by Crippen LogP contribution is -1.99. The molecule has 14 rings (SSSR count). The topological polar surface area (TPSA) is 35.6 Å². The highest BCUT2D eigenvalue weighted by Crippen LogP contribution is 2.50. The summed E-state index contributed by atoms with van der Waals surface area (Å²) >= 11 is 0. The minimum absolute atomic E-state index is 0.974.